The van der Waals surface area contributed by atoms with E-state index in [2.05, 4.69) is 0 Å². The predicted molar refractivity (Wildman–Crippen MR) is 78.8 cm³/mol. The molecular formula is C16H17NO4. The second kappa shape index (κ2) is 6.26. The monoisotopic (exact) mass is 287 g/mol. The van der Waals surface area contributed by atoms with Gasteiger partial charge in [-0.2, -0.15) is 0 Å². The van der Waals surface area contributed by atoms with Crippen molar-refractivity contribution in [2.75, 3.05) is 0 Å². The average Bonchev–Trinajstić information content (AvgIpc) is 2.46. The molecule has 5 nitrogen and oxygen atoms in total. The molecule has 1 aromatic carbocycles. The molecule has 0 aliphatic carbocycles. The Morgan fingerprint density at radius 1 is 1.29 bits per heavy atom. The fraction of sp³-hybridized carbons (Fsp3) is 0.250. The second-order valence-electron chi connectivity index (χ2n) is 4.65. The number of aryl methyl sites for hydroxylation is 1. The Hall–Kier alpha value is -2.56. The van der Waals surface area contributed by atoms with Gasteiger partial charge < -0.3 is 14.4 Å². The van der Waals surface area contributed by atoms with Crippen LogP contribution in [0.2, 0.25) is 0 Å². The smallest absolute Gasteiger partial charge is 0.356 e. The van der Waals surface area contributed by atoms with Crippen LogP contribution in [0.4, 0.5) is 0 Å². The summed E-state index contributed by atoms with van der Waals surface area (Å²) in [5.74, 6) is -1.28. The maximum atomic E-state index is 12.1. The van der Waals surface area contributed by atoms with Gasteiger partial charge in [-0.15, -0.1) is 0 Å². The molecule has 2 aromatic rings. The number of ether oxygens (including phenoxy) is 1. The van der Waals surface area contributed by atoms with Gasteiger partial charge in [-0.05, 0) is 19.4 Å². The zero-order chi connectivity index (χ0) is 15.4. The Bertz CT molecular complexity index is 704. The molecule has 2 rings (SSSR count). The first-order valence-electron chi connectivity index (χ1n) is 6.69. The van der Waals surface area contributed by atoms with E-state index in [4.69, 9.17) is 4.74 Å². The van der Waals surface area contributed by atoms with Crippen LogP contribution in [-0.2, 0) is 13.2 Å². The van der Waals surface area contributed by atoms with E-state index >= 15 is 0 Å². The number of carboxylic acids is 1. The van der Waals surface area contributed by atoms with E-state index in [1.54, 1.807) is 11.5 Å². The van der Waals surface area contributed by atoms with Crippen LogP contribution in [0.25, 0.3) is 0 Å². The second-order valence-corrected chi connectivity index (χ2v) is 4.65. The Labute approximate surface area is 122 Å². The Morgan fingerprint density at radius 2 is 1.95 bits per heavy atom. The number of rotatable bonds is 5. The molecule has 0 fully saturated rings. The quantitative estimate of drug-likeness (QED) is 0.917. The molecule has 1 N–H and O–H groups in total. The normalized spacial score (nSPS) is 10.4. The van der Waals surface area contributed by atoms with E-state index in [0.29, 0.717) is 12.2 Å². The molecule has 0 radical (unpaired) electrons. The minimum atomic E-state index is -1.17. The standard InChI is InChI=1S/C16H17NO4/c1-3-17-11(2)9-13(18)15(14(17)16(19)20)21-10-12-7-5-4-6-8-12/h4-9H,3,10H2,1-2H3,(H,19,20). The highest BCUT2D eigenvalue weighted by Gasteiger charge is 2.20. The van der Waals surface area contributed by atoms with Crippen LogP contribution < -0.4 is 10.2 Å². The van der Waals surface area contributed by atoms with E-state index in [9.17, 15) is 14.7 Å². The first kappa shape index (κ1) is 14.8. The molecule has 0 saturated carbocycles. The van der Waals surface area contributed by atoms with Gasteiger partial charge in [0, 0.05) is 18.3 Å². The number of nitrogens with zero attached hydrogens (tertiary/aromatic N) is 1. The third kappa shape index (κ3) is 3.13. The van der Waals surface area contributed by atoms with E-state index in [1.807, 2.05) is 37.3 Å². The number of aromatic carboxylic acids is 1. The van der Waals surface area contributed by atoms with E-state index in [1.165, 1.54) is 6.07 Å². The van der Waals surface area contributed by atoms with Crippen molar-refractivity contribution in [1.82, 2.24) is 4.57 Å². The molecule has 0 aliphatic rings. The van der Waals surface area contributed by atoms with E-state index < -0.39 is 11.4 Å². The summed E-state index contributed by atoms with van der Waals surface area (Å²) in [5.41, 5.74) is 0.966. The van der Waals surface area contributed by atoms with Crippen LogP contribution in [-0.4, -0.2) is 15.6 Å². The summed E-state index contributed by atoms with van der Waals surface area (Å²) in [6.45, 7) is 4.14. The fourth-order valence-electron chi connectivity index (χ4n) is 2.24. The maximum Gasteiger partial charge on any atom is 0.356 e. The van der Waals surface area contributed by atoms with Gasteiger partial charge in [-0.3, -0.25) is 4.79 Å². The highest BCUT2D eigenvalue weighted by atomic mass is 16.5. The van der Waals surface area contributed by atoms with Crippen molar-refractivity contribution in [3.63, 3.8) is 0 Å². The lowest BCUT2D eigenvalue weighted by Crippen LogP contribution is -2.22. The number of pyridine rings is 1. The molecule has 0 aliphatic heterocycles. The number of aromatic nitrogens is 1. The first-order chi connectivity index (χ1) is 10.0. The molecule has 1 aromatic heterocycles. The summed E-state index contributed by atoms with van der Waals surface area (Å²) in [4.78, 5) is 23.5. The number of hydrogen-bond acceptors (Lipinski definition) is 3. The lowest BCUT2D eigenvalue weighted by atomic mass is 10.2. The van der Waals surface area contributed by atoms with Crippen LogP contribution in [0.5, 0.6) is 5.75 Å². The van der Waals surface area contributed by atoms with Gasteiger partial charge in [0.15, 0.2) is 11.4 Å². The van der Waals surface area contributed by atoms with Gasteiger partial charge >= 0.3 is 5.97 Å². The molecule has 0 unspecified atom stereocenters. The fourth-order valence-corrected chi connectivity index (χ4v) is 2.24. The third-order valence-corrected chi connectivity index (χ3v) is 3.22. The summed E-state index contributed by atoms with van der Waals surface area (Å²) in [7, 11) is 0. The van der Waals surface area contributed by atoms with Crippen molar-refractivity contribution < 1.29 is 14.6 Å². The Kier molecular flexibility index (Phi) is 4.42. The summed E-state index contributed by atoms with van der Waals surface area (Å²) in [5, 5.41) is 9.38. The van der Waals surface area contributed by atoms with Crippen LogP contribution in [0.3, 0.4) is 0 Å². The molecule has 0 saturated heterocycles. The molecule has 0 amide bonds. The minimum Gasteiger partial charge on any atom is -0.482 e. The van der Waals surface area contributed by atoms with Gasteiger partial charge in [0.2, 0.25) is 5.43 Å². The number of carbonyl (C=O) groups is 1. The van der Waals surface area contributed by atoms with Gasteiger partial charge in [-0.1, -0.05) is 30.3 Å². The van der Waals surface area contributed by atoms with Gasteiger partial charge in [0.05, 0.1) is 0 Å². The van der Waals surface area contributed by atoms with Gasteiger partial charge in [-0.25, -0.2) is 4.79 Å². The predicted octanol–water partition coefficient (Wildman–Crippen LogP) is 2.45. The minimum absolute atomic E-state index is 0.0987. The number of carboxylic acid groups (broad SMARTS) is 1. The summed E-state index contributed by atoms with van der Waals surface area (Å²) in [6.07, 6.45) is 0. The Balaban J connectivity index is 2.43. The molecule has 110 valence electrons. The first-order valence-corrected chi connectivity index (χ1v) is 6.69. The number of hydrogen-bond donors (Lipinski definition) is 1. The molecule has 21 heavy (non-hydrogen) atoms. The van der Waals surface area contributed by atoms with Crippen LogP contribution in [0.15, 0.2) is 41.2 Å². The van der Waals surface area contributed by atoms with Crippen molar-refractivity contribution >= 4 is 5.97 Å². The summed E-state index contributed by atoms with van der Waals surface area (Å²) >= 11 is 0. The largest absolute Gasteiger partial charge is 0.482 e. The SMILES string of the molecule is CCn1c(C)cc(=O)c(OCc2ccccc2)c1C(=O)O. The lowest BCUT2D eigenvalue weighted by Gasteiger charge is -2.16. The summed E-state index contributed by atoms with van der Waals surface area (Å²) < 4.78 is 7.06. The lowest BCUT2D eigenvalue weighted by molar-refractivity contribution is 0.0677. The van der Waals surface area contributed by atoms with Gasteiger partial charge in [0.1, 0.15) is 6.61 Å². The molecule has 0 bridgehead atoms. The van der Waals surface area contributed by atoms with Crippen molar-refractivity contribution in [3.05, 3.63) is 63.6 Å². The van der Waals surface area contributed by atoms with Crippen molar-refractivity contribution in [2.24, 2.45) is 0 Å². The molecule has 5 heteroatoms. The highest BCUT2D eigenvalue weighted by molar-refractivity contribution is 5.89. The Morgan fingerprint density at radius 3 is 2.52 bits per heavy atom. The number of benzene rings is 1. The maximum absolute atomic E-state index is 12.1. The van der Waals surface area contributed by atoms with Crippen molar-refractivity contribution in [2.45, 2.75) is 27.0 Å². The molecule has 1 heterocycles. The topological polar surface area (TPSA) is 68.5 Å². The zero-order valence-electron chi connectivity index (χ0n) is 12.0. The van der Waals surface area contributed by atoms with Crippen LogP contribution in [0, 0.1) is 6.92 Å². The van der Waals surface area contributed by atoms with Crippen molar-refractivity contribution in [3.8, 4) is 5.75 Å². The van der Waals surface area contributed by atoms with E-state index in [-0.39, 0.29) is 18.1 Å². The molecular weight excluding hydrogens is 270 g/mol. The zero-order valence-corrected chi connectivity index (χ0v) is 12.0. The average molecular weight is 287 g/mol. The van der Waals surface area contributed by atoms with E-state index in [0.717, 1.165) is 5.56 Å². The molecule has 0 spiro atoms. The van der Waals surface area contributed by atoms with Gasteiger partial charge in [0.25, 0.3) is 0 Å². The third-order valence-electron chi connectivity index (χ3n) is 3.22. The van der Waals surface area contributed by atoms with Crippen molar-refractivity contribution in [1.29, 1.82) is 0 Å². The highest BCUT2D eigenvalue weighted by Crippen LogP contribution is 2.17. The summed E-state index contributed by atoms with van der Waals surface area (Å²) in [6, 6.07) is 10.7. The van der Waals surface area contributed by atoms with Crippen LogP contribution >= 0.6 is 0 Å². The van der Waals surface area contributed by atoms with Crippen LogP contribution in [0.1, 0.15) is 28.7 Å². The molecule has 0 atom stereocenters.